The fraction of sp³-hybridized carbons (Fsp3) is 0.621. The molecule has 2 saturated heterocycles. The summed E-state index contributed by atoms with van der Waals surface area (Å²) >= 11 is 0. The molecule has 1 aromatic carbocycles. The summed E-state index contributed by atoms with van der Waals surface area (Å²) in [4.78, 5) is 44.1. The molecule has 0 unspecified atom stereocenters. The molecule has 2 heterocycles. The predicted octanol–water partition coefficient (Wildman–Crippen LogP) is 4.11. The number of amides is 2. The number of carbonyl (C=O) groups is 3. The average Bonchev–Trinajstić information content (AvgIpc) is 3.16. The molecule has 0 radical (unpaired) electrons. The Morgan fingerprint density at radius 2 is 1.76 bits per heavy atom. The van der Waals surface area contributed by atoms with Crippen molar-refractivity contribution in [2.24, 2.45) is 11.3 Å². The van der Waals surface area contributed by atoms with Gasteiger partial charge in [0.05, 0.1) is 21.3 Å². The number of hydrogen-bond donors (Lipinski definition) is 0. The van der Waals surface area contributed by atoms with Gasteiger partial charge in [-0.2, -0.15) is 0 Å². The van der Waals surface area contributed by atoms with Gasteiger partial charge >= 0.3 is 5.97 Å². The summed E-state index contributed by atoms with van der Waals surface area (Å²) in [6, 6.07) is 5.73. The van der Waals surface area contributed by atoms with Crippen LogP contribution in [-0.4, -0.2) is 68.5 Å². The minimum absolute atomic E-state index is 0.0129. The summed E-state index contributed by atoms with van der Waals surface area (Å²) < 4.78 is 16.1. The van der Waals surface area contributed by atoms with E-state index >= 15 is 0 Å². The van der Waals surface area contributed by atoms with E-state index in [0.717, 1.165) is 62.9 Å². The zero-order valence-electron chi connectivity index (χ0n) is 22.4. The number of benzene rings is 1. The Balaban J connectivity index is 1.63. The molecule has 3 aliphatic rings. The van der Waals surface area contributed by atoms with Crippen molar-refractivity contribution >= 4 is 17.8 Å². The standard InChI is InChI=1S/C29H40N2O6/c1-35-23-12-11-21(18-24(23)36-2)13-17-31-25-10-6-4-7-14-29(25,28(34)37-3)20-22(27(31)33)19-26(32)30-15-8-5-9-16-30/h10-12,18,22H,4-9,13-17,19-20H2,1-3H3/t22-,29+/m1/s1. The SMILES string of the molecule is COC(=O)[C@]12CCCCC=C1N(CCc1ccc(OC)c(OC)c1)C(=O)[C@H](CC(=O)N1CCCCC1)C2. The van der Waals surface area contributed by atoms with Crippen LogP contribution in [0.1, 0.15) is 63.4 Å². The van der Waals surface area contributed by atoms with Gasteiger partial charge in [0, 0.05) is 37.7 Å². The van der Waals surface area contributed by atoms with Gasteiger partial charge in [0.1, 0.15) is 5.41 Å². The van der Waals surface area contributed by atoms with E-state index in [0.29, 0.717) is 37.3 Å². The number of hydrogen-bond acceptors (Lipinski definition) is 6. The largest absolute Gasteiger partial charge is 0.493 e. The Labute approximate surface area is 219 Å². The molecule has 37 heavy (non-hydrogen) atoms. The van der Waals surface area contributed by atoms with Crippen LogP contribution in [0.5, 0.6) is 11.5 Å². The van der Waals surface area contributed by atoms with Gasteiger partial charge in [-0.25, -0.2) is 0 Å². The van der Waals surface area contributed by atoms with Crippen molar-refractivity contribution in [3.63, 3.8) is 0 Å². The molecule has 8 heteroatoms. The predicted molar refractivity (Wildman–Crippen MR) is 139 cm³/mol. The second kappa shape index (κ2) is 12.0. The molecule has 2 atom stereocenters. The quantitative estimate of drug-likeness (QED) is 0.487. The van der Waals surface area contributed by atoms with E-state index in [-0.39, 0.29) is 24.2 Å². The summed E-state index contributed by atoms with van der Waals surface area (Å²) in [5.41, 5.74) is 0.850. The van der Waals surface area contributed by atoms with Crippen LogP contribution in [0.3, 0.4) is 0 Å². The molecule has 2 fully saturated rings. The first-order chi connectivity index (χ1) is 17.9. The molecular formula is C29H40N2O6. The molecule has 0 saturated carbocycles. The van der Waals surface area contributed by atoms with Crippen molar-refractivity contribution in [3.05, 3.63) is 35.5 Å². The summed E-state index contributed by atoms with van der Waals surface area (Å²) in [7, 11) is 4.61. The molecule has 202 valence electrons. The molecule has 4 rings (SSSR count). The zero-order chi connectivity index (χ0) is 26.4. The fourth-order valence-electron chi connectivity index (χ4n) is 6.19. The molecule has 0 bridgehead atoms. The maximum Gasteiger partial charge on any atom is 0.317 e. The lowest BCUT2D eigenvalue weighted by atomic mass is 9.69. The molecular weight excluding hydrogens is 472 g/mol. The highest BCUT2D eigenvalue weighted by molar-refractivity contribution is 5.92. The number of piperidine rings is 2. The molecule has 0 N–H and O–H groups in total. The van der Waals surface area contributed by atoms with Crippen molar-refractivity contribution in [2.45, 2.75) is 64.2 Å². The Morgan fingerprint density at radius 3 is 2.46 bits per heavy atom. The van der Waals surface area contributed by atoms with Crippen molar-refractivity contribution in [1.29, 1.82) is 0 Å². The molecule has 2 amide bonds. The van der Waals surface area contributed by atoms with Crippen LogP contribution in [0.15, 0.2) is 30.0 Å². The summed E-state index contributed by atoms with van der Waals surface area (Å²) in [6.45, 7) is 1.90. The van der Waals surface area contributed by atoms with Gasteiger partial charge in [0.2, 0.25) is 11.8 Å². The number of fused-ring (bicyclic) bond motifs is 1. The summed E-state index contributed by atoms with van der Waals surface area (Å²) in [5, 5.41) is 0. The Bertz CT molecular complexity index is 1030. The van der Waals surface area contributed by atoms with E-state index in [1.807, 2.05) is 23.1 Å². The first kappa shape index (κ1) is 27.0. The monoisotopic (exact) mass is 512 g/mol. The van der Waals surface area contributed by atoms with Gasteiger partial charge in [-0.05, 0) is 69.1 Å². The van der Waals surface area contributed by atoms with E-state index in [1.54, 1.807) is 19.1 Å². The highest BCUT2D eigenvalue weighted by Crippen LogP contribution is 2.49. The van der Waals surface area contributed by atoms with Crippen LogP contribution in [-0.2, 0) is 25.5 Å². The number of nitrogens with zero attached hydrogens (tertiary/aromatic N) is 2. The minimum atomic E-state index is -0.899. The van der Waals surface area contributed by atoms with Gasteiger partial charge in [0.25, 0.3) is 0 Å². The van der Waals surface area contributed by atoms with Crippen LogP contribution < -0.4 is 9.47 Å². The van der Waals surface area contributed by atoms with Crippen LogP contribution in [0.25, 0.3) is 0 Å². The Morgan fingerprint density at radius 1 is 1.00 bits per heavy atom. The Hall–Kier alpha value is -3.03. The third-order valence-electron chi connectivity index (χ3n) is 8.16. The third kappa shape index (κ3) is 5.63. The molecule has 0 spiro atoms. The number of methoxy groups -OCH3 is 3. The second-order valence-corrected chi connectivity index (χ2v) is 10.4. The van der Waals surface area contributed by atoms with E-state index in [9.17, 15) is 14.4 Å². The zero-order valence-corrected chi connectivity index (χ0v) is 22.4. The molecule has 2 aliphatic heterocycles. The molecule has 1 aromatic rings. The van der Waals surface area contributed by atoms with Crippen LogP contribution >= 0.6 is 0 Å². The lowest BCUT2D eigenvalue weighted by Crippen LogP contribution is -2.54. The van der Waals surface area contributed by atoms with Gasteiger partial charge in [-0.3, -0.25) is 14.4 Å². The first-order valence-corrected chi connectivity index (χ1v) is 13.5. The minimum Gasteiger partial charge on any atom is -0.493 e. The fourth-order valence-corrected chi connectivity index (χ4v) is 6.19. The number of likely N-dealkylation sites (tertiary alicyclic amines) is 2. The maximum absolute atomic E-state index is 13.9. The van der Waals surface area contributed by atoms with E-state index in [2.05, 4.69) is 6.08 Å². The normalized spacial score (nSPS) is 24.0. The van der Waals surface area contributed by atoms with Gasteiger partial charge < -0.3 is 24.0 Å². The highest BCUT2D eigenvalue weighted by atomic mass is 16.5. The van der Waals surface area contributed by atoms with Crippen LogP contribution in [0.2, 0.25) is 0 Å². The van der Waals surface area contributed by atoms with Gasteiger partial charge in [-0.1, -0.05) is 18.6 Å². The van der Waals surface area contributed by atoms with Crippen LogP contribution in [0.4, 0.5) is 0 Å². The first-order valence-electron chi connectivity index (χ1n) is 13.5. The van der Waals surface area contributed by atoms with Crippen molar-refractivity contribution in [3.8, 4) is 11.5 Å². The maximum atomic E-state index is 13.9. The van der Waals surface area contributed by atoms with E-state index < -0.39 is 11.3 Å². The second-order valence-electron chi connectivity index (χ2n) is 10.4. The van der Waals surface area contributed by atoms with Crippen LogP contribution in [0, 0.1) is 11.3 Å². The average molecular weight is 513 g/mol. The molecule has 0 aromatic heterocycles. The smallest absolute Gasteiger partial charge is 0.317 e. The summed E-state index contributed by atoms with van der Waals surface area (Å²) in [5.74, 6) is 0.367. The highest BCUT2D eigenvalue weighted by Gasteiger charge is 2.53. The van der Waals surface area contributed by atoms with Gasteiger partial charge in [0.15, 0.2) is 11.5 Å². The number of esters is 1. The number of allylic oxidation sites excluding steroid dienone is 1. The van der Waals surface area contributed by atoms with E-state index in [4.69, 9.17) is 14.2 Å². The van der Waals surface area contributed by atoms with Crippen molar-refractivity contribution in [1.82, 2.24) is 9.80 Å². The third-order valence-corrected chi connectivity index (χ3v) is 8.16. The number of carbonyl (C=O) groups excluding carboxylic acids is 3. The van der Waals surface area contributed by atoms with Gasteiger partial charge in [-0.15, -0.1) is 0 Å². The number of ether oxygens (including phenoxy) is 3. The lowest BCUT2D eigenvalue weighted by Gasteiger charge is -2.46. The topological polar surface area (TPSA) is 85.4 Å². The van der Waals surface area contributed by atoms with Crippen molar-refractivity contribution in [2.75, 3.05) is 41.0 Å². The number of rotatable bonds is 8. The molecule has 1 aliphatic carbocycles. The molecule has 8 nitrogen and oxygen atoms in total. The van der Waals surface area contributed by atoms with E-state index in [1.165, 1.54) is 7.11 Å². The lowest BCUT2D eigenvalue weighted by molar-refractivity contribution is -0.160. The summed E-state index contributed by atoms with van der Waals surface area (Å²) in [6.07, 6.45) is 9.50. The van der Waals surface area contributed by atoms with Crippen molar-refractivity contribution < 1.29 is 28.6 Å². The Kier molecular flexibility index (Phi) is 8.77.